The Hall–Kier alpha value is -1.80. The average molecular weight is 319 g/mol. The van der Waals surface area contributed by atoms with E-state index in [1.165, 1.54) is 11.3 Å². The summed E-state index contributed by atoms with van der Waals surface area (Å²) in [4.78, 5) is 14.6. The molecule has 2 rings (SSSR count). The van der Waals surface area contributed by atoms with Gasteiger partial charge in [0.15, 0.2) is 0 Å². The number of thiophene rings is 1. The number of halogens is 1. The smallest absolute Gasteiger partial charge is 0.265 e. The van der Waals surface area contributed by atoms with Gasteiger partial charge in [-0.1, -0.05) is 41.6 Å². The summed E-state index contributed by atoms with van der Waals surface area (Å²) >= 11 is 7.36. The van der Waals surface area contributed by atoms with Crippen LogP contribution in [0.1, 0.15) is 20.8 Å². The molecular weight excluding hydrogens is 304 g/mol. The van der Waals surface area contributed by atoms with Crippen LogP contribution in [0, 0.1) is 11.8 Å². The molecule has 0 unspecified atom stereocenters. The van der Waals surface area contributed by atoms with Crippen molar-refractivity contribution in [3.8, 4) is 11.8 Å². The molecule has 0 saturated heterocycles. The van der Waals surface area contributed by atoms with E-state index in [4.69, 9.17) is 17.3 Å². The van der Waals surface area contributed by atoms with Gasteiger partial charge in [-0.05, 0) is 23.1 Å². The van der Waals surface area contributed by atoms with Gasteiger partial charge in [0.05, 0.1) is 11.6 Å². The second-order valence-corrected chi connectivity index (χ2v) is 5.75. The fourth-order valence-corrected chi connectivity index (χ4v) is 3.00. The summed E-state index contributed by atoms with van der Waals surface area (Å²) in [6.45, 7) is 0.788. The van der Waals surface area contributed by atoms with Crippen molar-refractivity contribution >= 4 is 28.8 Å². The van der Waals surface area contributed by atoms with Gasteiger partial charge < -0.3 is 10.6 Å². The van der Waals surface area contributed by atoms with Crippen LogP contribution in [0.15, 0.2) is 35.7 Å². The molecule has 21 heavy (non-hydrogen) atoms. The Morgan fingerprint density at radius 1 is 1.38 bits per heavy atom. The van der Waals surface area contributed by atoms with Crippen LogP contribution in [-0.2, 0) is 6.54 Å². The van der Waals surface area contributed by atoms with Crippen molar-refractivity contribution in [1.82, 2.24) is 4.90 Å². The number of nitrogens with two attached hydrogens (primary N) is 1. The Morgan fingerprint density at radius 2 is 2.14 bits per heavy atom. The number of nitrogens with zero attached hydrogens (tertiary/aromatic N) is 1. The van der Waals surface area contributed by atoms with E-state index < -0.39 is 0 Å². The van der Waals surface area contributed by atoms with Crippen LogP contribution in [0.4, 0.5) is 0 Å². The van der Waals surface area contributed by atoms with Crippen molar-refractivity contribution in [2.75, 3.05) is 13.6 Å². The molecule has 2 aromatic rings. The van der Waals surface area contributed by atoms with Gasteiger partial charge in [-0.15, -0.1) is 11.3 Å². The summed E-state index contributed by atoms with van der Waals surface area (Å²) < 4.78 is 0. The van der Waals surface area contributed by atoms with Gasteiger partial charge in [-0.2, -0.15) is 0 Å². The first-order chi connectivity index (χ1) is 10.1. The van der Waals surface area contributed by atoms with E-state index in [9.17, 15) is 4.79 Å². The molecule has 1 aromatic heterocycles. The van der Waals surface area contributed by atoms with Gasteiger partial charge >= 0.3 is 0 Å². The molecule has 3 nitrogen and oxygen atoms in total. The Morgan fingerprint density at radius 3 is 2.81 bits per heavy atom. The van der Waals surface area contributed by atoms with E-state index in [2.05, 4.69) is 11.8 Å². The summed E-state index contributed by atoms with van der Waals surface area (Å²) in [5.74, 6) is 5.78. The number of amides is 1. The Kier molecular flexibility index (Phi) is 5.40. The maximum Gasteiger partial charge on any atom is 0.265 e. The molecule has 0 aliphatic heterocycles. The first kappa shape index (κ1) is 15.6. The second-order valence-electron chi connectivity index (χ2n) is 4.42. The third-order valence-corrected chi connectivity index (χ3v) is 4.24. The van der Waals surface area contributed by atoms with E-state index >= 15 is 0 Å². The highest BCUT2D eigenvalue weighted by Crippen LogP contribution is 2.24. The predicted octanol–water partition coefficient (Wildman–Crippen LogP) is 2.98. The molecule has 108 valence electrons. The lowest BCUT2D eigenvalue weighted by Crippen LogP contribution is -2.26. The van der Waals surface area contributed by atoms with Gasteiger partial charge in [0.2, 0.25) is 0 Å². The molecule has 0 radical (unpaired) electrons. The highest BCUT2D eigenvalue weighted by molar-refractivity contribution is 7.12. The molecule has 5 heteroatoms. The molecule has 1 amide bonds. The third-order valence-electron chi connectivity index (χ3n) is 2.91. The lowest BCUT2D eigenvalue weighted by atomic mass is 10.1. The number of hydrogen-bond donors (Lipinski definition) is 1. The van der Waals surface area contributed by atoms with Crippen LogP contribution in [0.3, 0.4) is 0 Å². The first-order valence-corrected chi connectivity index (χ1v) is 7.64. The zero-order chi connectivity index (χ0) is 15.2. The molecule has 0 atom stereocenters. The summed E-state index contributed by atoms with van der Waals surface area (Å²) in [6.07, 6.45) is 0. The van der Waals surface area contributed by atoms with Gasteiger partial charge in [-0.3, -0.25) is 4.79 Å². The Balaban J connectivity index is 2.18. The fraction of sp³-hybridized carbons (Fsp3) is 0.188. The summed E-state index contributed by atoms with van der Waals surface area (Å²) in [5, 5.41) is 2.30. The van der Waals surface area contributed by atoms with Gasteiger partial charge in [0.25, 0.3) is 5.91 Å². The van der Waals surface area contributed by atoms with Crippen LogP contribution in [0.2, 0.25) is 5.02 Å². The highest BCUT2D eigenvalue weighted by atomic mass is 35.5. The number of carbonyl (C=O) groups is 1. The van der Waals surface area contributed by atoms with E-state index in [-0.39, 0.29) is 5.91 Å². The summed E-state index contributed by atoms with van der Waals surface area (Å²) in [7, 11) is 1.76. The highest BCUT2D eigenvalue weighted by Gasteiger charge is 2.17. The van der Waals surface area contributed by atoms with Crippen molar-refractivity contribution in [3.63, 3.8) is 0 Å². The molecule has 0 fully saturated rings. The van der Waals surface area contributed by atoms with Crippen LogP contribution >= 0.6 is 22.9 Å². The van der Waals surface area contributed by atoms with Crippen LogP contribution < -0.4 is 5.73 Å². The number of hydrogen-bond acceptors (Lipinski definition) is 3. The molecule has 0 aliphatic rings. The second kappa shape index (κ2) is 7.28. The minimum absolute atomic E-state index is 0.0865. The Labute approximate surface area is 133 Å². The van der Waals surface area contributed by atoms with Crippen molar-refractivity contribution < 1.29 is 4.79 Å². The maximum atomic E-state index is 12.4. The van der Waals surface area contributed by atoms with Crippen molar-refractivity contribution in [2.45, 2.75) is 6.54 Å². The molecule has 0 spiro atoms. The number of rotatable bonds is 3. The zero-order valence-electron chi connectivity index (χ0n) is 11.6. The third kappa shape index (κ3) is 3.85. The van der Waals surface area contributed by atoms with Crippen molar-refractivity contribution in [3.05, 3.63) is 56.7 Å². The standard InChI is InChI=1S/C16H15ClN2OS/c1-19(16(20)15-14(17)8-10-21-15)11-13-6-3-2-5-12(13)7-4-9-18/h2-3,5-6,8,10H,9,11,18H2,1H3. The monoisotopic (exact) mass is 318 g/mol. The predicted molar refractivity (Wildman–Crippen MR) is 87.5 cm³/mol. The van der Waals surface area contributed by atoms with Gasteiger partial charge in [0, 0.05) is 19.2 Å². The maximum absolute atomic E-state index is 12.4. The fourth-order valence-electron chi connectivity index (χ4n) is 1.87. The average Bonchev–Trinajstić information content (AvgIpc) is 2.91. The molecule has 2 N–H and O–H groups in total. The lowest BCUT2D eigenvalue weighted by molar-refractivity contribution is 0.0790. The number of benzene rings is 1. The SMILES string of the molecule is CN(Cc1ccccc1C#CCN)C(=O)c1sccc1Cl. The Bertz CT molecular complexity index is 700. The van der Waals surface area contributed by atoms with Crippen LogP contribution in [0.25, 0.3) is 0 Å². The van der Waals surface area contributed by atoms with E-state index in [1.807, 2.05) is 29.6 Å². The minimum atomic E-state index is -0.0865. The number of carbonyl (C=O) groups excluding carboxylic acids is 1. The van der Waals surface area contributed by atoms with Crippen molar-refractivity contribution in [2.24, 2.45) is 5.73 Å². The molecule has 1 aromatic carbocycles. The molecule has 1 heterocycles. The molecular formula is C16H15ClN2OS. The first-order valence-electron chi connectivity index (χ1n) is 6.38. The van der Waals surface area contributed by atoms with E-state index in [0.29, 0.717) is 23.0 Å². The normalized spacial score (nSPS) is 9.86. The van der Waals surface area contributed by atoms with E-state index in [1.54, 1.807) is 18.0 Å². The van der Waals surface area contributed by atoms with Crippen LogP contribution in [0.5, 0.6) is 0 Å². The molecule has 0 saturated carbocycles. The topological polar surface area (TPSA) is 46.3 Å². The van der Waals surface area contributed by atoms with Gasteiger partial charge in [-0.25, -0.2) is 0 Å². The molecule has 0 aliphatic carbocycles. The van der Waals surface area contributed by atoms with Crippen molar-refractivity contribution in [1.29, 1.82) is 0 Å². The molecule has 0 bridgehead atoms. The lowest BCUT2D eigenvalue weighted by Gasteiger charge is -2.17. The minimum Gasteiger partial charge on any atom is -0.337 e. The van der Waals surface area contributed by atoms with E-state index in [0.717, 1.165) is 11.1 Å². The largest absolute Gasteiger partial charge is 0.337 e. The summed E-state index contributed by atoms with van der Waals surface area (Å²) in [6, 6.07) is 9.46. The zero-order valence-corrected chi connectivity index (χ0v) is 13.2. The van der Waals surface area contributed by atoms with Crippen LogP contribution in [-0.4, -0.2) is 24.4 Å². The summed E-state index contributed by atoms with van der Waals surface area (Å²) in [5.41, 5.74) is 7.28. The quantitative estimate of drug-likeness (QED) is 0.884. The van der Waals surface area contributed by atoms with Gasteiger partial charge in [0.1, 0.15) is 4.88 Å².